The van der Waals surface area contributed by atoms with Crippen molar-refractivity contribution in [2.45, 2.75) is 32.9 Å². The summed E-state index contributed by atoms with van der Waals surface area (Å²) in [5.41, 5.74) is 1.40. The number of benzene rings is 1. The van der Waals surface area contributed by atoms with Gasteiger partial charge in [-0.25, -0.2) is 4.39 Å². The number of amides is 3. The van der Waals surface area contributed by atoms with Crippen LogP contribution < -0.4 is 0 Å². The van der Waals surface area contributed by atoms with Crippen LogP contribution in [0.25, 0.3) is 0 Å². The molecule has 3 heterocycles. The maximum Gasteiger partial charge on any atom is 0.274 e. The van der Waals surface area contributed by atoms with Crippen LogP contribution in [0.15, 0.2) is 30.3 Å². The Kier molecular flexibility index (Phi) is 7.56. The lowest BCUT2D eigenvalue weighted by Crippen LogP contribution is -2.42. The smallest absolute Gasteiger partial charge is 0.274 e. The fraction of sp³-hybridized carbons (Fsp3) is 0.500. The number of carbonyl (C=O) groups is 3. The molecule has 0 unspecified atom stereocenters. The molecule has 0 atom stereocenters. The van der Waals surface area contributed by atoms with Crippen molar-refractivity contribution in [1.82, 2.24) is 24.5 Å². The van der Waals surface area contributed by atoms with E-state index in [9.17, 15) is 18.8 Å². The standard InChI is InChI=1S/C24H30FN5O4/c1-2-27(11-8-22(31)28-12-14-34-15-13-28)23(32)20-16-21-24(33)29(9-3-10-30(21)26-20)17-18-4-6-19(25)7-5-18/h4-7,16H,2-3,8-15,17H2,1H3. The Balaban J connectivity index is 1.42. The zero-order valence-corrected chi connectivity index (χ0v) is 19.4. The third-order valence-corrected chi connectivity index (χ3v) is 6.22. The molecule has 182 valence electrons. The maximum absolute atomic E-state index is 13.2. The molecule has 10 heteroatoms. The van der Waals surface area contributed by atoms with E-state index in [-0.39, 0.29) is 35.7 Å². The lowest BCUT2D eigenvalue weighted by molar-refractivity contribution is -0.135. The molecule has 1 aromatic heterocycles. The summed E-state index contributed by atoms with van der Waals surface area (Å²) in [6.07, 6.45) is 0.929. The number of nitrogens with zero attached hydrogens (tertiary/aromatic N) is 5. The van der Waals surface area contributed by atoms with Gasteiger partial charge in [-0.3, -0.25) is 19.1 Å². The number of morpholine rings is 1. The van der Waals surface area contributed by atoms with Gasteiger partial charge in [0.05, 0.1) is 13.2 Å². The van der Waals surface area contributed by atoms with E-state index in [1.54, 1.807) is 37.6 Å². The summed E-state index contributed by atoms with van der Waals surface area (Å²) in [7, 11) is 0. The Hall–Kier alpha value is -3.27. The Morgan fingerprint density at radius 1 is 1.12 bits per heavy atom. The summed E-state index contributed by atoms with van der Waals surface area (Å²) in [6.45, 7) is 6.23. The number of hydrogen-bond donors (Lipinski definition) is 0. The zero-order chi connectivity index (χ0) is 24.1. The van der Waals surface area contributed by atoms with Crippen LogP contribution in [0.4, 0.5) is 4.39 Å². The van der Waals surface area contributed by atoms with Crippen LogP contribution in [0, 0.1) is 5.82 Å². The highest BCUT2D eigenvalue weighted by atomic mass is 19.1. The summed E-state index contributed by atoms with van der Waals surface area (Å²) in [5, 5.41) is 4.42. The van der Waals surface area contributed by atoms with Gasteiger partial charge in [-0.05, 0) is 31.0 Å². The van der Waals surface area contributed by atoms with Gasteiger partial charge in [-0.2, -0.15) is 5.10 Å². The largest absolute Gasteiger partial charge is 0.378 e. The summed E-state index contributed by atoms with van der Waals surface area (Å²) >= 11 is 0. The van der Waals surface area contributed by atoms with E-state index in [4.69, 9.17) is 4.74 Å². The van der Waals surface area contributed by atoms with Gasteiger partial charge in [0, 0.05) is 58.3 Å². The Bertz CT molecular complexity index is 1030. The quantitative estimate of drug-likeness (QED) is 0.614. The number of ether oxygens (including phenoxy) is 1. The first kappa shape index (κ1) is 23.9. The molecule has 4 rings (SSSR count). The molecule has 3 amide bonds. The molecule has 0 saturated carbocycles. The van der Waals surface area contributed by atoms with E-state index >= 15 is 0 Å². The van der Waals surface area contributed by atoms with Crippen molar-refractivity contribution in [1.29, 1.82) is 0 Å². The summed E-state index contributed by atoms with van der Waals surface area (Å²) in [4.78, 5) is 43.8. The van der Waals surface area contributed by atoms with E-state index in [1.165, 1.54) is 12.1 Å². The third kappa shape index (κ3) is 5.44. The molecule has 1 fully saturated rings. The van der Waals surface area contributed by atoms with Gasteiger partial charge in [0.1, 0.15) is 11.5 Å². The van der Waals surface area contributed by atoms with Crippen LogP contribution >= 0.6 is 0 Å². The number of aromatic nitrogens is 2. The summed E-state index contributed by atoms with van der Waals surface area (Å²) in [6, 6.07) is 7.62. The van der Waals surface area contributed by atoms with Crippen LogP contribution in [-0.4, -0.2) is 88.1 Å². The second kappa shape index (κ2) is 10.8. The Morgan fingerprint density at radius 3 is 2.56 bits per heavy atom. The van der Waals surface area contributed by atoms with Crippen molar-refractivity contribution in [2.75, 3.05) is 45.9 Å². The number of aryl methyl sites for hydroxylation is 1. The minimum Gasteiger partial charge on any atom is -0.378 e. The lowest BCUT2D eigenvalue weighted by atomic mass is 10.2. The number of fused-ring (bicyclic) bond motifs is 1. The maximum atomic E-state index is 13.2. The molecule has 34 heavy (non-hydrogen) atoms. The minimum atomic E-state index is -0.320. The molecule has 9 nitrogen and oxygen atoms in total. The molecule has 0 spiro atoms. The fourth-order valence-corrected chi connectivity index (χ4v) is 4.27. The topological polar surface area (TPSA) is 88.0 Å². The third-order valence-electron chi connectivity index (χ3n) is 6.22. The van der Waals surface area contributed by atoms with Crippen LogP contribution in [0.1, 0.15) is 46.3 Å². The molecule has 0 N–H and O–H groups in total. The number of hydrogen-bond acceptors (Lipinski definition) is 5. The van der Waals surface area contributed by atoms with E-state index in [0.717, 1.165) is 5.56 Å². The second-order valence-corrected chi connectivity index (χ2v) is 8.47. The molecule has 1 saturated heterocycles. The normalized spacial score (nSPS) is 16.2. The molecule has 0 bridgehead atoms. The monoisotopic (exact) mass is 471 g/mol. The zero-order valence-electron chi connectivity index (χ0n) is 19.4. The SMILES string of the molecule is CCN(CCC(=O)N1CCOCC1)C(=O)c1cc2n(n1)CCCN(Cc1ccc(F)cc1)C2=O. The van der Waals surface area contributed by atoms with Gasteiger partial charge >= 0.3 is 0 Å². The van der Waals surface area contributed by atoms with E-state index < -0.39 is 0 Å². The minimum absolute atomic E-state index is 0.00165. The van der Waals surface area contributed by atoms with Crippen molar-refractivity contribution < 1.29 is 23.5 Å². The lowest BCUT2D eigenvalue weighted by Gasteiger charge is -2.28. The van der Waals surface area contributed by atoms with Gasteiger partial charge < -0.3 is 19.4 Å². The predicted molar refractivity (Wildman–Crippen MR) is 122 cm³/mol. The molecule has 0 aliphatic carbocycles. The fourth-order valence-electron chi connectivity index (χ4n) is 4.27. The first-order chi connectivity index (χ1) is 16.5. The van der Waals surface area contributed by atoms with E-state index in [2.05, 4.69) is 5.10 Å². The number of rotatable bonds is 7. The molecular weight excluding hydrogens is 441 g/mol. The van der Waals surface area contributed by atoms with Gasteiger partial charge in [0.15, 0.2) is 5.69 Å². The van der Waals surface area contributed by atoms with Gasteiger partial charge in [-0.15, -0.1) is 0 Å². The molecule has 2 aliphatic heterocycles. The van der Waals surface area contributed by atoms with Crippen LogP contribution in [0.5, 0.6) is 0 Å². The van der Waals surface area contributed by atoms with Crippen molar-refractivity contribution in [2.24, 2.45) is 0 Å². The molecule has 0 radical (unpaired) electrons. The number of halogens is 1. The average molecular weight is 472 g/mol. The number of carbonyl (C=O) groups excluding carboxylic acids is 3. The first-order valence-corrected chi connectivity index (χ1v) is 11.7. The van der Waals surface area contributed by atoms with Crippen molar-refractivity contribution in [3.63, 3.8) is 0 Å². The van der Waals surface area contributed by atoms with Gasteiger partial charge in [0.2, 0.25) is 5.91 Å². The summed E-state index contributed by atoms with van der Waals surface area (Å²) in [5.74, 6) is -0.823. The Morgan fingerprint density at radius 2 is 1.85 bits per heavy atom. The molecule has 2 aromatic rings. The van der Waals surface area contributed by atoms with Crippen molar-refractivity contribution in [3.05, 3.63) is 53.1 Å². The van der Waals surface area contributed by atoms with Gasteiger partial charge in [0.25, 0.3) is 11.8 Å². The molecule has 1 aromatic carbocycles. The van der Waals surface area contributed by atoms with Crippen LogP contribution in [0.2, 0.25) is 0 Å². The van der Waals surface area contributed by atoms with E-state index in [1.807, 2.05) is 6.92 Å². The highest BCUT2D eigenvalue weighted by molar-refractivity contribution is 5.98. The Labute approximate surface area is 198 Å². The molecule has 2 aliphatic rings. The van der Waals surface area contributed by atoms with Crippen LogP contribution in [-0.2, 0) is 22.6 Å². The average Bonchev–Trinajstić information content (AvgIpc) is 3.23. The summed E-state index contributed by atoms with van der Waals surface area (Å²) < 4.78 is 20.1. The van der Waals surface area contributed by atoms with E-state index in [0.29, 0.717) is 71.1 Å². The van der Waals surface area contributed by atoms with Gasteiger partial charge in [-0.1, -0.05) is 12.1 Å². The van der Waals surface area contributed by atoms with Crippen LogP contribution in [0.3, 0.4) is 0 Å². The van der Waals surface area contributed by atoms with Crippen molar-refractivity contribution in [3.8, 4) is 0 Å². The van der Waals surface area contributed by atoms with Crippen molar-refractivity contribution >= 4 is 17.7 Å². The first-order valence-electron chi connectivity index (χ1n) is 11.7. The highest BCUT2D eigenvalue weighted by Crippen LogP contribution is 2.18. The second-order valence-electron chi connectivity index (χ2n) is 8.47. The predicted octanol–water partition coefficient (Wildman–Crippen LogP) is 1.78. The highest BCUT2D eigenvalue weighted by Gasteiger charge is 2.28. The molecular formula is C24H30FN5O4.